The molecule has 3 aliphatic rings. The zero-order valence-corrected chi connectivity index (χ0v) is 20.9. The first-order valence-corrected chi connectivity index (χ1v) is 12.8. The monoisotopic (exact) mass is 487 g/mol. The number of carbonyl (C=O) groups excluding carboxylic acids is 1. The quantitative estimate of drug-likeness (QED) is 0.418. The maximum Gasteiger partial charge on any atom is 0.271 e. The molecule has 2 unspecified atom stereocenters. The average molecular weight is 488 g/mol. The number of para-hydroxylation sites is 1. The average Bonchev–Trinajstić information content (AvgIpc) is 3.32. The Bertz CT molecular complexity index is 1210. The number of hydrogen-bond donors (Lipinski definition) is 0. The minimum absolute atomic E-state index is 0.0194. The van der Waals surface area contributed by atoms with E-state index in [0.717, 1.165) is 50.2 Å². The predicted octanol–water partition coefficient (Wildman–Crippen LogP) is 5.12. The lowest BCUT2D eigenvalue weighted by molar-refractivity contribution is -0.384. The van der Waals surface area contributed by atoms with Crippen LogP contribution in [0, 0.1) is 22.0 Å². The minimum atomic E-state index is -0.404. The number of ether oxygens (including phenoxy) is 1. The van der Waals surface area contributed by atoms with Crippen molar-refractivity contribution in [3.63, 3.8) is 0 Å². The summed E-state index contributed by atoms with van der Waals surface area (Å²) >= 11 is 0. The molecule has 1 amide bonds. The van der Waals surface area contributed by atoms with E-state index in [9.17, 15) is 14.9 Å². The summed E-state index contributed by atoms with van der Waals surface area (Å²) in [6.45, 7) is 5.62. The molecular formula is C29H33N3O4. The highest BCUT2D eigenvalue weighted by molar-refractivity contribution is 5.98. The number of rotatable bonds is 6. The van der Waals surface area contributed by atoms with Crippen molar-refractivity contribution in [3.05, 3.63) is 87.5 Å². The number of carbonyl (C=O) groups is 1. The topological polar surface area (TPSA) is 75.9 Å². The van der Waals surface area contributed by atoms with Crippen molar-refractivity contribution < 1.29 is 14.5 Å². The molecule has 2 aromatic carbocycles. The van der Waals surface area contributed by atoms with Gasteiger partial charge in [0.05, 0.1) is 23.6 Å². The summed E-state index contributed by atoms with van der Waals surface area (Å²) in [6, 6.07) is 13.2. The van der Waals surface area contributed by atoms with Gasteiger partial charge in [-0.2, -0.15) is 0 Å². The van der Waals surface area contributed by atoms with Gasteiger partial charge in [0.2, 0.25) is 5.91 Å². The largest absolute Gasteiger partial charge is 0.496 e. The lowest BCUT2D eigenvalue weighted by Crippen LogP contribution is -2.38. The van der Waals surface area contributed by atoms with Gasteiger partial charge in [0, 0.05) is 25.2 Å². The van der Waals surface area contributed by atoms with Crippen LogP contribution in [0.4, 0.5) is 11.4 Å². The first-order chi connectivity index (χ1) is 17.4. The molecule has 7 nitrogen and oxygen atoms in total. The molecule has 2 heterocycles. The molecule has 36 heavy (non-hydrogen) atoms. The number of nitro benzene ring substituents is 1. The molecule has 0 saturated carbocycles. The number of amides is 1. The summed E-state index contributed by atoms with van der Waals surface area (Å²) in [4.78, 5) is 28.5. The van der Waals surface area contributed by atoms with Gasteiger partial charge in [0.15, 0.2) is 0 Å². The van der Waals surface area contributed by atoms with Crippen LogP contribution >= 0.6 is 0 Å². The van der Waals surface area contributed by atoms with Crippen molar-refractivity contribution in [2.75, 3.05) is 38.2 Å². The fraction of sp³-hybridized carbons (Fsp3) is 0.414. The minimum Gasteiger partial charge on any atom is -0.496 e. The Hall–Kier alpha value is -3.45. The Labute approximate surface area is 212 Å². The standard InChI is InChI=1S/C29H33N3O4/c1-20-17-21(19-30-14-11-22(12-15-30)26-5-3-4-6-28(26)36-2)7-10-25(20)29(33)31-16-13-23-8-9-24(32(34)35)18-27(23)31/h3-10,17-18,20,22,25H,11-16,19H2,1-2H3. The number of likely N-dealkylation sites (tertiary alicyclic amines) is 1. The maximum atomic E-state index is 13.4. The number of hydrogen-bond acceptors (Lipinski definition) is 5. The Morgan fingerprint density at radius 1 is 1.14 bits per heavy atom. The van der Waals surface area contributed by atoms with Crippen molar-refractivity contribution in [2.24, 2.45) is 11.8 Å². The zero-order valence-electron chi connectivity index (χ0n) is 20.9. The second-order valence-corrected chi connectivity index (χ2v) is 10.1. The van der Waals surface area contributed by atoms with E-state index in [1.54, 1.807) is 18.1 Å². The van der Waals surface area contributed by atoms with Crippen LogP contribution in [0.3, 0.4) is 0 Å². The van der Waals surface area contributed by atoms with Crippen molar-refractivity contribution in [2.45, 2.75) is 32.1 Å². The molecule has 1 fully saturated rings. The van der Waals surface area contributed by atoms with E-state index in [4.69, 9.17) is 4.74 Å². The van der Waals surface area contributed by atoms with Crippen LogP contribution in [0.2, 0.25) is 0 Å². The fourth-order valence-corrected chi connectivity index (χ4v) is 5.87. The Kier molecular flexibility index (Phi) is 6.92. The number of non-ortho nitro benzene ring substituents is 1. The van der Waals surface area contributed by atoms with Gasteiger partial charge in [-0.25, -0.2) is 0 Å². The Balaban J connectivity index is 1.19. The molecule has 0 spiro atoms. The molecule has 1 aliphatic carbocycles. The van der Waals surface area contributed by atoms with Crippen molar-refractivity contribution in [3.8, 4) is 5.75 Å². The molecule has 0 bridgehead atoms. The first-order valence-electron chi connectivity index (χ1n) is 12.8. The lowest BCUT2D eigenvalue weighted by Gasteiger charge is -2.34. The van der Waals surface area contributed by atoms with Gasteiger partial charge in [-0.1, -0.05) is 49.4 Å². The molecule has 0 radical (unpaired) electrons. The highest BCUT2D eigenvalue weighted by Crippen LogP contribution is 2.36. The van der Waals surface area contributed by atoms with Gasteiger partial charge in [-0.15, -0.1) is 0 Å². The highest BCUT2D eigenvalue weighted by atomic mass is 16.6. The lowest BCUT2D eigenvalue weighted by atomic mass is 9.85. The van der Waals surface area contributed by atoms with Crippen LogP contribution in [0.1, 0.15) is 36.8 Å². The van der Waals surface area contributed by atoms with Gasteiger partial charge in [0.1, 0.15) is 5.75 Å². The highest BCUT2D eigenvalue weighted by Gasteiger charge is 2.34. The van der Waals surface area contributed by atoms with Crippen LogP contribution in [0.5, 0.6) is 5.75 Å². The van der Waals surface area contributed by atoms with Crippen LogP contribution < -0.4 is 9.64 Å². The number of piperidine rings is 1. The number of nitrogens with zero attached hydrogens (tertiary/aromatic N) is 3. The van der Waals surface area contributed by atoms with E-state index in [1.807, 2.05) is 18.2 Å². The van der Waals surface area contributed by atoms with Crippen LogP contribution in [0.15, 0.2) is 66.3 Å². The Morgan fingerprint density at radius 2 is 1.92 bits per heavy atom. The Morgan fingerprint density at radius 3 is 2.64 bits per heavy atom. The summed E-state index contributed by atoms with van der Waals surface area (Å²) < 4.78 is 5.57. The first kappa shape index (κ1) is 24.3. The predicted molar refractivity (Wildman–Crippen MR) is 140 cm³/mol. The van der Waals surface area contributed by atoms with Crippen molar-refractivity contribution in [1.82, 2.24) is 4.90 Å². The molecule has 0 N–H and O–H groups in total. The smallest absolute Gasteiger partial charge is 0.271 e. The number of allylic oxidation sites excluding steroid dienone is 1. The van der Waals surface area contributed by atoms with Gasteiger partial charge < -0.3 is 9.64 Å². The number of benzene rings is 2. The SMILES string of the molecule is COc1ccccc1C1CCN(CC2=CC(C)C(C(=O)N3CCc4ccc([N+](=O)[O-])cc43)C=C2)CC1. The van der Waals surface area contributed by atoms with Crippen molar-refractivity contribution in [1.29, 1.82) is 0 Å². The normalized spacial score (nSPS) is 22.3. The zero-order chi connectivity index (χ0) is 25.2. The molecular weight excluding hydrogens is 454 g/mol. The fourth-order valence-electron chi connectivity index (χ4n) is 5.87. The number of anilines is 1. The van der Waals surface area contributed by atoms with E-state index >= 15 is 0 Å². The van der Waals surface area contributed by atoms with E-state index < -0.39 is 4.92 Å². The third-order valence-electron chi connectivity index (χ3n) is 7.86. The molecule has 2 aliphatic heterocycles. The van der Waals surface area contributed by atoms with E-state index in [1.165, 1.54) is 23.3 Å². The molecule has 188 valence electrons. The number of fused-ring (bicyclic) bond motifs is 1. The second kappa shape index (κ2) is 10.3. The van der Waals surface area contributed by atoms with Gasteiger partial charge in [-0.05, 0) is 67.0 Å². The molecule has 5 rings (SSSR count). The van der Waals surface area contributed by atoms with Crippen molar-refractivity contribution >= 4 is 17.3 Å². The van der Waals surface area contributed by atoms with Crippen LogP contribution in [0.25, 0.3) is 0 Å². The third-order valence-corrected chi connectivity index (χ3v) is 7.86. The summed E-state index contributed by atoms with van der Waals surface area (Å²) in [5, 5.41) is 11.2. The summed E-state index contributed by atoms with van der Waals surface area (Å²) in [7, 11) is 1.74. The van der Waals surface area contributed by atoms with Gasteiger partial charge in [0.25, 0.3) is 5.69 Å². The summed E-state index contributed by atoms with van der Waals surface area (Å²) in [6.07, 6.45) is 9.29. The maximum absolute atomic E-state index is 13.4. The molecule has 2 aromatic rings. The molecule has 1 saturated heterocycles. The van der Waals surface area contributed by atoms with Crippen LogP contribution in [-0.4, -0.2) is 49.0 Å². The van der Waals surface area contributed by atoms with E-state index in [2.05, 4.69) is 36.1 Å². The molecule has 2 atom stereocenters. The van der Waals surface area contributed by atoms with E-state index in [-0.39, 0.29) is 23.4 Å². The second-order valence-electron chi connectivity index (χ2n) is 10.1. The van der Waals surface area contributed by atoms with Gasteiger partial charge in [-0.3, -0.25) is 19.8 Å². The third kappa shape index (κ3) is 4.80. The number of methoxy groups -OCH3 is 1. The summed E-state index contributed by atoms with van der Waals surface area (Å²) in [5.74, 6) is 1.34. The van der Waals surface area contributed by atoms with Gasteiger partial charge >= 0.3 is 0 Å². The summed E-state index contributed by atoms with van der Waals surface area (Å²) in [5.41, 5.74) is 4.26. The molecule has 0 aromatic heterocycles. The van der Waals surface area contributed by atoms with E-state index in [0.29, 0.717) is 18.2 Å². The molecule has 7 heteroatoms. The number of nitro groups is 1. The van der Waals surface area contributed by atoms with Crippen LogP contribution in [-0.2, 0) is 11.2 Å².